The van der Waals surface area contributed by atoms with Crippen molar-refractivity contribution in [2.75, 3.05) is 7.11 Å². The van der Waals surface area contributed by atoms with Gasteiger partial charge in [0, 0.05) is 6.42 Å². The molecule has 2 aromatic carbocycles. The van der Waals surface area contributed by atoms with Crippen molar-refractivity contribution in [2.24, 2.45) is 0 Å². The summed E-state index contributed by atoms with van der Waals surface area (Å²) in [5.74, 6) is -2.22. The molecule has 0 aliphatic rings. The van der Waals surface area contributed by atoms with E-state index in [1.54, 1.807) is 0 Å². The van der Waals surface area contributed by atoms with Gasteiger partial charge in [-0.15, -0.1) is 0 Å². The summed E-state index contributed by atoms with van der Waals surface area (Å²) in [6.07, 6.45) is -16.4. The lowest BCUT2D eigenvalue weighted by Crippen LogP contribution is -2.43. The fourth-order valence-electron chi connectivity index (χ4n) is 3.00. The predicted octanol–water partition coefficient (Wildman–Crippen LogP) is 5.19. The van der Waals surface area contributed by atoms with Crippen LogP contribution in [0, 0.1) is 0 Å². The molecule has 2 rings (SSSR count). The molecule has 186 valence electrons. The van der Waals surface area contributed by atoms with Crippen LogP contribution in [-0.2, 0) is 45.7 Å². The molecule has 0 spiro atoms. The first-order valence-electron chi connectivity index (χ1n) is 9.32. The highest BCUT2D eigenvalue weighted by atomic mass is 19.4. The Balaban J connectivity index is 2.27. The van der Waals surface area contributed by atoms with Crippen molar-refractivity contribution in [1.29, 1.82) is 0 Å². The van der Waals surface area contributed by atoms with Crippen molar-refractivity contribution < 1.29 is 53.8 Å². The Morgan fingerprint density at radius 2 is 1.29 bits per heavy atom. The number of ether oxygens (including phenoxy) is 1. The van der Waals surface area contributed by atoms with Crippen LogP contribution < -0.4 is 5.32 Å². The maximum Gasteiger partial charge on any atom is 0.416 e. The molecule has 13 heteroatoms. The van der Waals surface area contributed by atoms with Crippen LogP contribution in [0.5, 0.6) is 0 Å². The summed E-state index contributed by atoms with van der Waals surface area (Å²) < 4.78 is 121. The van der Waals surface area contributed by atoms with Gasteiger partial charge in [-0.05, 0) is 35.4 Å². The van der Waals surface area contributed by atoms with Crippen LogP contribution in [0.1, 0.15) is 27.8 Å². The van der Waals surface area contributed by atoms with Crippen LogP contribution in [0.4, 0.5) is 39.5 Å². The lowest BCUT2D eigenvalue weighted by Gasteiger charge is -2.18. The van der Waals surface area contributed by atoms with Gasteiger partial charge in [-0.3, -0.25) is 4.79 Å². The normalized spacial score (nSPS) is 13.4. The SMILES string of the molecule is COC(=O)[C@@H](Cc1cccc(C(F)(F)F)c1)NC(=O)Cc1cc(C(F)(F)F)cc(C(F)(F)F)c1. The minimum Gasteiger partial charge on any atom is -0.467 e. The third-order valence-electron chi connectivity index (χ3n) is 4.53. The van der Waals surface area contributed by atoms with Crippen molar-refractivity contribution in [1.82, 2.24) is 5.32 Å². The molecule has 1 amide bonds. The molecule has 0 saturated carbocycles. The van der Waals surface area contributed by atoms with Crippen molar-refractivity contribution in [3.8, 4) is 0 Å². The van der Waals surface area contributed by atoms with Gasteiger partial charge < -0.3 is 10.1 Å². The molecule has 0 aromatic heterocycles. The lowest BCUT2D eigenvalue weighted by atomic mass is 10.0. The molecule has 0 saturated heterocycles. The minimum absolute atomic E-state index is 0.0241. The molecule has 0 unspecified atom stereocenters. The number of esters is 1. The largest absolute Gasteiger partial charge is 0.467 e. The summed E-state index contributed by atoms with van der Waals surface area (Å²) in [6, 6.07) is 2.87. The van der Waals surface area contributed by atoms with Gasteiger partial charge in [-0.25, -0.2) is 4.79 Å². The minimum atomic E-state index is -5.12. The third-order valence-corrected chi connectivity index (χ3v) is 4.53. The second-order valence-electron chi connectivity index (χ2n) is 7.14. The molecule has 0 heterocycles. The number of carbonyl (C=O) groups is 2. The fraction of sp³-hybridized carbons (Fsp3) is 0.333. The number of carbonyl (C=O) groups excluding carboxylic acids is 2. The summed E-state index contributed by atoms with van der Waals surface area (Å²) >= 11 is 0. The quantitative estimate of drug-likeness (QED) is 0.438. The van der Waals surface area contributed by atoms with Crippen LogP contribution in [-0.4, -0.2) is 25.0 Å². The fourth-order valence-corrected chi connectivity index (χ4v) is 3.00. The molecule has 0 bridgehead atoms. The number of hydrogen-bond acceptors (Lipinski definition) is 3. The van der Waals surface area contributed by atoms with E-state index in [1.807, 2.05) is 0 Å². The van der Waals surface area contributed by atoms with E-state index >= 15 is 0 Å². The number of amides is 1. The van der Waals surface area contributed by atoms with E-state index < -0.39 is 71.5 Å². The topological polar surface area (TPSA) is 55.4 Å². The van der Waals surface area contributed by atoms with E-state index in [2.05, 4.69) is 10.1 Å². The van der Waals surface area contributed by atoms with E-state index in [9.17, 15) is 49.1 Å². The molecule has 4 nitrogen and oxygen atoms in total. The van der Waals surface area contributed by atoms with Gasteiger partial charge in [-0.2, -0.15) is 39.5 Å². The van der Waals surface area contributed by atoms with Crippen LogP contribution in [0.2, 0.25) is 0 Å². The first kappa shape index (κ1) is 27.0. The standard InChI is InChI=1S/C21H16F9NO3/c1-34-18(33)16(8-11-3-2-4-13(5-11)19(22,23)24)31-17(32)9-12-6-14(20(25,26)27)10-15(7-12)21(28,29)30/h2-7,10,16H,8-9H2,1H3,(H,31,32)/t16-/m1/s1. The third kappa shape index (κ3) is 7.39. The molecule has 0 fully saturated rings. The summed E-state index contributed by atoms with van der Waals surface area (Å²) in [6.45, 7) is 0. The molecule has 0 aliphatic heterocycles. The highest BCUT2D eigenvalue weighted by Crippen LogP contribution is 2.36. The van der Waals surface area contributed by atoms with E-state index in [0.717, 1.165) is 25.3 Å². The second-order valence-corrected chi connectivity index (χ2v) is 7.14. The van der Waals surface area contributed by atoms with E-state index in [4.69, 9.17) is 0 Å². The highest BCUT2D eigenvalue weighted by molar-refractivity contribution is 5.85. The van der Waals surface area contributed by atoms with Crippen molar-refractivity contribution >= 4 is 11.9 Å². The number of alkyl halides is 9. The number of nitrogens with one attached hydrogen (secondary N) is 1. The number of halogens is 9. The lowest BCUT2D eigenvalue weighted by molar-refractivity contribution is -0.145. The average molecular weight is 501 g/mol. The maximum atomic E-state index is 13.0. The number of hydrogen-bond donors (Lipinski definition) is 1. The molecule has 0 radical (unpaired) electrons. The maximum absolute atomic E-state index is 13.0. The Labute approximate surface area is 186 Å². The zero-order chi connectivity index (χ0) is 25.9. The molecule has 1 atom stereocenters. The van der Waals surface area contributed by atoms with Gasteiger partial charge in [0.2, 0.25) is 5.91 Å². The molecule has 1 N–H and O–H groups in total. The number of benzene rings is 2. The summed E-state index contributed by atoms with van der Waals surface area (Å²) in [5.41, 5.74) is -4.94. The van der Waals surface area contributed by atoms with Gasteiger partial charge in [0.15, 0.2) is 0 Å². The van der Waals surface area contributed by atoms with Gasteiger partial charge in [0.1, 0.15) is 6.04 Å². The number of rotatable bonds is 6. The van der Waals surface area contributed by atoms with Gasteiger partial charge in [0.25, 0.3) is 0 Å². The van der Waals surface area contributed by atoms with Crippen LogP contribution >= 0.6 is 0 Å². The Bertz CT molecular complexity index is 1010. The first-order chi connectivity index (χ1) is 15.5. The predicted molar refractivity (Wildman–Crippen MR) is 99.2 cm³/mol. The monoisotopic (exact) mass is 501 g/mol. The Morgan fingerprint density at radius 3 is 1.76 bits per heavy atom. The molecular weight excluding hydrogens is 485 g/mol. The van der Waals surface area contributed by atoms with Gasteiger partial charge in [0.05, 0.1) is 30.2 Å². The molecule has 0 aliphatic carbocycles. The van der Waals surface area contributed by atoms with Gasteiger partial charge in [-0.1, -0.05) is 18.2 Å². The average Bonchev–Trinajstić information content (AvgIpc) is 2.70. The van der Waals surface area contributed by atoms with Crippen molar-refractivity contribution in [3.63, 3.8) is 0 Å². The second kappa shape index (κ2) is 9.94. The Hall–Kier alpha value is -3.25. The zero-order valence-electron chi connectivity index (χ0n) is 17.2. The van der Waals surface area contributed by atoms with E-state index in [-0.39, 0.29) is 11.6 Å². The van der Waals surface area contributed by atoms with Gasteiger partial charge >= 0.3 is 24.5 Å². The summed E-state index contributed by atoms with van der Waals surface area (Å²) in [4.78, 5) is 24.3. The molecule has 34 heavy (non-hydrogen) atoms. The smallest absolute Gasteiger partial charge is 0.416 e. The van der Waals surface area contributed by atoms with E-state index in [1.165, 1.54) is 6.07 Å². The number of methoxy groups -OCH3 is 1. The van der Waals surface area contributed by atoms with Crippen LogP contribution in [0.25, 0.3) is 0 Å². The van der Waals surface area contributed by atoms with E-state index in [0.29, 0.717) is 12.1 Å². The zero-order valence-corrected chi connectivity index (χ0v) is 17.2. The summed E-state index contributed by atoms with van der Waals surface area (Å²) in [7, 11) is 0.927. The Kier molecular flexibility index (Phi) is 7.89. The van der Waals surface area contributed by atoms with Crippen LogP contribution in [0.3, 0.4) is 0 Å². The highest BCUT2D eigenvalue weighted by Gasteiger charge is 2.37. The molecular formula is C21H16F9NO3. The summed E-state index contributed by atoms with van der Waals surface area (Å²) in [5, 5.41) is 2.08. The Morgan fingerprint density at radius 1 is 0.794 bits per heavy atom. The van der Waals surface area contributed by atoms with Crippen LogP contribution in [0.15, 0.2) is 42.5 Å². The molecule has 2 aromatic rings. The van der Waals surface area contributed by atoms with Crippen molar-refractivity contribution in [3.05, 3.63) is 70.3 Å². The first-order valence-corrected chi connectivity index (χ1v) is 9.32. The van der Waals surface area contributed by atoms with Crippen molar-refractivity contribution in [2.45, 2.75) is 37.4 Å².